The van der Waals surface area contributed by atoms with Gasteiger partial charge in [0.05, 0.1) is 5.56 Å². The molecule has 1 aliphatic carbocycles. The molecule has 0 bridgehead atoms. The van der Waals surface area contributed by atoms with E-state index in [1.165, 1.54) is 12.1 Å². The highest BCUT2D eigenvalue weighted by molar-refractivity contribution is 5.45. The molecule has 1 aromatic rings. The van der Waals surface area contributed by atoms with Crippen LogP contribution in [-0.2, 0) is 6.18 Å². The van der Waals surface area contributed by atoms with Crippen molar-refractivity contribution in [3.63, 3.8) is 0 Å². The van der Waals surface area contributed by atoms with Gasteiger partial charge in [-0.05, 0) is 54.9 Å². The van der Waals surface area contributed by atoms with E-state index in [1.807, 2.05) is 0 Å². The molecular formula is C16H23F3N2. The Morgan fingerprint density at radius 1 is 1.10 bits per heavy atom. The van der Waals surface area contributed by atoms with Gasteiger partial charge < -0.3 is 11.1 Å². The van der Waals surface area contributed by atoms with Gasteiger partial charge in [0.25, 0.3) is 0 Å². The van der Waals surface area contributed by atoms with Gasteiger partial charge in [0.2, 0.25) is 0 Å². The minimum Gasteiger partial charge on any atom is -0.385 e. The molecule has 0 saturated heterocycles. The monoisotopic (exact) mass is 300 g/mol. The molecule has 5 heteroatoms. The molecular weight excluding hydrogens is 277 g/mol. The third kappa shape index (κ3) is 4.13. The summed E-state index contributed by atoms with van der Waals surface area (Å²) >= 11 is 0. The van der Waals surface area contributed by atoms with E-state index in [4.69, 9.17) is 5.73 Å². The number of nitrogens with one attached hydrogen (secondary N) is 1. The topological polar surface area (TPSA) is 38.0 Å². The summed E-state index contributed by atoms with van der Waals surface area (Å²) in [6, 6.07) is 5.48. The molecule has 3 N–H and O–H groups in total. The molecule has 4 atom stereocenters. The van der Waals surface area contributed by atoms with E-state index in [1.54, 1.807) is 0 Å². The maximum atomic E-state index is 12.5. The van der Waals surface area contributed by atoms with Crippen molar-refractivity contribution in [2.24, 2.45) is 23.5 Å². The van der Waals surface area contributed by atoms with Crippen LogP contribution >= 0.6 is 0 Å². The third-order valence-electron chi connectivity index (χ3n) is 4.63. The lowest BCUT2D eigenvalue weighted by molar-refractivity contribution is -0.137. The van der Waals surface area contributed by atoms with Gasteiger partial charge in [-0.25, -0.2) is 0 Å². The first-order valence-electron chi connectivity index (χ1n) is 7.44. The Morgan fingerprint density at radius 3 is 2.29 bits per heavy atom. The van der Waals surface area contributed by atoms with Crippen LogP contribution in [0.15, 0.2) is 24.3 Å². The molecule has 21 heavy (non-hydrogen) atoms. The average Bonchev–Trinajstić information content (AvgIpc) is 2.41. The maximum Gasteiger partial charge on any atom is 0.416 e. The van der Waals surface area contributed by atoms with Crippen LogP contribution in [0.3, 0.4) is 0 Å². The second kappa shape index (κ2) is 6.26. The van der Waals surface area contributed by atoms with Crippen LogP contribution in [-0.4, -0.2) is 12.6 Å². The van der Waals surface area contributed by atoms with Crippen LogP contribution in [0, 0.1) is 17.8 Å². The molecule has 0 amide bonds. The quantitative estimate of drug-likeness (QED) is 0.881. The van der Waals surface area contributed by atoms with Gasteiger partial charge in [0.15, 0.2) is 0 Å². The summed E-state index contributed by atoms with van der Waals surface area (Å²) in [7, 11) is 0. The Balaban J connectivity index is 1.91. The van der Waals surface area contributed by atoms with E-state index in [0.717, 1.165) is 37.2 Å². The van der Waals surface area contributed by atoms with Gasteiger partial charge in [0, 0.05) is 18.3 Å². The van der Waals surface area contributed by atoms with Gasteiger partial charge in [-0.1, -0.05) is 13.8 Å². The fourth-order valence-corrected chi connectivity index (χ4v) is 3.05. The van der Waals surface area contributed by atoms with Crippen molar-refractivity contribution in [1.82, 2.24) is 0 Å². The van der Waals surface area contributed by atoms with Crippen molar-refractivity contribution in [3.05, 3.63) is 29.8 Å². The second-order valence-corrected chi connectivity index (χ2v) is 6.31. The molecule has 1 fully saturated rings. The van der Waals surface area contributed by atoms with E-state index >= 15 is 0 Å². The van der Waals surface area contributed by atoms with Crippen LogP contribution in [0.5, 0.6) is 0 Å². The molecule has 0 aliphatic heterocycles. The summed E-state index contributed by atoms with van der Waals surface area (Å²) in [5.74, 6) is 1.56. The summed E-state index contributed by atoms with van der Waals surface area (Å²) in [6.07, 6.45) is -2.20. The fourth-order valence-electron chi connectivity index (χ4n) is 3.05. The molecule has 1 aliphatic rings. The summed E-state index contributed by atoms with van der Waals surface area (Å²) in [5, 5.41) is 3.25. The largest absolute Gasteiger partial charge is 0.416 e. The van der Waals surface area contributed by atoms with Gasteiger partial charge >= 0.3 is 6.18 Å². The first kappa shape index (κ1) is 16.1. The normalized spacial score (nSPS) is 30.2. The SMILES string of the molecule is CC1C[C@@H](N)C(C)C[C@@H]1CNc1ccc(C(F)(F)F)cc1. The lowest BCUT2D eigenvalue weighted by Crippen LogP contribution is -2.40. The number of nitrogens with two attached hydrogens (primary N) is 1. The highest BCUT2D eigenvalue weighted by atomic mass is 19.4. The molecule has 118 valence electrons. The standard InChI is InChI=1S/C16H23F3N2/c1-10-8-15(20)11(2)7-12(10)9-21-14-5-3-13(4-6-14)16(17,18)19/h3-6,10-12,15,21H,7-9,20H2,1-2H3/t10?,11?,12-,15-/m1/s1. The zero-order valence-electron chi connectivity index (χ0n) is 12.5. The van der Waals surface area contributed by atoms with Crippen molar-refractivity contribution in [3.8, 4) is 0 Å². The van der Waals surface area contributed by atoms with Crippen molar-refractivity contribution in [2.75, 3.05) is 11.9 Å². The number of benzene rings is 1. The van der Waals surface area contributed by atoms with E-state index in [2.05, 4.69) is 19.2 Å². The number of anilines is 1. The molecule has 0 spiro atoms. The fraction of sp³-hybridized carbons (Fsp3) is 0.625. The Labute approximate surface area is 123 Å². The van der Waals surface area contributed by atoms with Crippen LogP contribution in [0.1, 0.15) is 32.3 Å². The van der Waals surface area contributed by atoms with Crippen LogP contribution in [0.2, 0.25) is 0 Å². The highest BCUT2D eigenvalue weighted by Crippen LogP contribution is 2.33. The Morgan fingerprint density at radius 2 is 1.71 bits per heavy atom. The van der Waals surface area contributed by atoms with Crippen molar-refractivity contribution in [2.45, 2.75) is 38.9 Å². The number of hydrogen-bond acceptors (Lipinski definition) is 2. The van der Waals surface area contributed by atoms with Gasteiger partial charge in [-0.3, -0.25) is 0 Å². The molecule has 0 radical (unpaired) electrons. The maximum absolute atomic E-state index is 12.5. The van der Waals surface area contributed by atoms with E-state index in [-0.39, 0.29) is 6.04 Å². The molecule has 2 nitrogen and oxygen atoms in total. The van der Waals surface area contributed by atoms with Crippen molar-refractivity contribution in [1.29, 1.82) is 0 Å². The molecule has 0 aromatic heterocycles. The second-order valence-electron chi connectivity index (χ2n) is 6.31. The zero-order chi connectivity index (χ0) is 15.6. The van der Waals surface area contributed by atoms with Gasteiger partial charge in [-0.15, -0.1) is 0 Å². The van der Waals surface area contributed by atoms with Crippen LogP contribution in [0.4, 0.5) is 18.9 Å². The molecule has 1 saturated carbocycles. The molecule has 2 rings (SSSR count). The Kier molecular flexibility index (Phi) is 4.81. The van der Waals surface area contributed by atoms with Gasteiger partial charge in [-0.2, -0.15) is 13.2 Å². The first-order chi connectivity index (χ1) is 9.77. The van der Waals surface area contributed by atoms with Crippen LogP contribution in [0.25, 0.3) is 0 Å². The van der Waals surface area contributed by atoms with Gasteiger partial charge in [0.1, 0.15) is 0 Å². The van der Waals surface area contributed by atoms with Crippen LogP contribution < -0.4 is 11.1 Å². The van der Waals surface area contributed by atoms with E-state index in [9.17, 15) is 13.2 Å². The number of alkyl halides is 3. The lowest BCUT2D eigenvalue weighted by atomic mass is 9.73. The summed E-state index contributed by atoms with van der Waals surface area (Å²) in [4.78, 5) is 0. The highest BCUT2D eigenvalue weighted by Gasteiger charge is 2.31. The Bertz CT molecular complexity index is 456. The predicted octanol–water partition coefficient (Wildman–Crippen LogP) is 4.13. The summed E-state index contributed by atoms with van der Waals surface area (Å²) in [6.45, 7) is 5.15. The minimum absolute atomic E-state index is 0.266. The van der Waals surface area contributed by atoms with E-state index < -0.39 is 11.7 Å². The number of halogens is 3. The summed E-state index contributed by atoms with van der Waals surface area (Å²) in [5.41, 5.74) is 6.19. The number of rotatable bonds is 3. The lowest BCUT2D eigenvalue weighted by Gasteiger charge is -2.37. The van der Waals surface area contributed by atoms with Crippen molar-refractivity contribution < 1.29 is 13.2 Å². The number of hydrogen-bond donors (Lipinski definition) is 2. The third-order valence-corrected chi connectivity index (χ3v) is 4.63. The first-order valence-corrected chi connectivity index (χ1v) is 7.44. The minimum atomic E-state index is -4.28. The molecule has 0 heterocycles. The molecule has 2 unspecified atom stereocenters. The smallest absolute Gasteiger partial charge is 0.385 e. The zero-order valence-corrected chi connectivity index (χ0v) is 12.5. The molecule has 1 aromatic carbocycles. The summed E-state index contributed by atoms with van der Waals surface area (Å²) < 4.78 is 37.5. The average molecular weight is 300 g/mol. The van der Waals surface area contributed by atoms with E-state index in [0.29, 0.717) is 17.8 Å². The Hall–Kier alpha value is -1.23. The predicted molar refractivity (Wildman–Crippen MR) is 79.0 cm³/mol. The van der Waals surface area contributed by atoms with Crippen molar-refractivity contribution >= 4 is 5.69 Å².